The first kappa shape index (κ1) is 18.1. The largest absolute Gasteiger partial charge is 0.488 e. The molecule has 2 rings (SSSR count). The Kier molecular flexibility index (Phi) is 7.09. The highest BCUT2D eigenvalue weighted by Crippen LogP contribution is 2.33. The van der Waals surface area contributed by atoms with Crippen LogP contribution in [-0.2, 0) is 0 Å². The Morgan fingerprint density at radius 3 is 2.27 bits per heavy atom. The molecule has 0 aromatic heterocycles. The summed E-state index contributed by atoms with van der Waals surface area (Å²) in [7, 11) is 0. The van der Waals surface area contributed by atoms with E-state index < -0.39 is 0 Å². The maximum Gasteiger partial charge on any atom is 0.134 e. The van der Waals surface area contributed by atoms with Crippen molar-refractivity contribution in [3.63, 3.8) is 0 Å². The molecule has 2 nitrogen and oxygen atoms in total. The maximum atomic E-state index is 5.95. The average Bonchev–Trinajstić information content (AvgIpc) is 2.39. The van der Waals surface area contributed by atoms with Crippen molar-refractivity contribution >= 4 is 71.0 Å². The molecular formula is C15H9Br3Cl2O2. The highest BCUT2D eigenvalue weighted by Gasteiger charge is 2.06. The molecule has 0 heterocycles. The Bertz CT molecular complexity index is 681. The normalized spacial score (nSPS) is 10.2. The maximum absolute atomic E-state index is 5.95. The molecule has 0 spiro atoms. The van der Waals surface area contributed by atoms with Gasteiger partial charge in [-0.05, 0) is 90.3 Å². The number of rotatable bonds is 5. The van der Waals surface area contributed by atoms with E-state index in [-0.39, 0.29) is 0 Å². The van der Waals surface area contributed by atoms with Gasteiger partial charge in [0.2, 0.25) is 0 Å². The quantitative estimate of drug-likeness (QED) is 0.396. The zero-order chi connectivity index (χ0) is 16.1. The van der Waals surface area contributed by atoms with Crippen LogP contribution in [0.5, 0.6) is 17.2 Å². The van der Waals surface area contributed by atoms with Gasteiger partial charge in [0, 0.05) is 10.0 Å². The summed E-state index contributed by atoms with van der Waals surface area (Å²) in [5.41, 5.74) is 0. The van der Waals surface area contributed by atoms with Crippen molar-refractivity contribution in [3.8, 4) is 17.2 Å². The second-order valence-corrected chi connectivity index (χ2v) is 8.60. The third-order valence-corrected chi connectivity index (χ3v) is 4.16. The Labute approximate surface area is 163 Å². The predicted molar refractivity (Wildman–Crippen MR) is 102 cm³/mol. The second-order valence-electron chi connectivity index (χ2n) is 4.10. The fraction of sp³-hybridized carbons (Fsp3) is 0.0667. The summed E-state index contributed by atoms with van der Waals surface area (Å²) in [6, 6.07) is 10.5. The summed E-state index contributed by atoms with van der Waals surface area (Å²) in [5, 5.41) is 1.04. The van der Waals surface area contributed by atoms with E-state index in [0.717, 1.165) is 7.86 Å². The molecule has 0 amide bonds. The van der Waals surface area contributed by atoms with E-state index in [1.807, 2.05) is 24.3 Å². The van der Waals surface area contributed by atoms with Crippen LogP contribution in [0.3, 0.4) is 0 Å². The van der Waals surface area contributed by atoms with Crippen LogP contribution in [0.4, 0.5) is 0 Å². The van der Waals surface area contributed by atoms with Gasteiger partial charge < -0.3 is 9.47 Å². The number of hydrogen-bond acceptors (Lipinski definition) is 2. The van der Waals surface area contributed by atoms with Crippen molar-refractivity contribution in [1.29, 1.82) is 0 Å². The molecule has 0 aliphatic carbocycles. The lowest BCUT2D eigenvalue weighted by Gasteiger charge is -2.10. The van der Waals surface area contributed by atoms with E-state index in [1.165, 1.54) is 0 Å². The summed E-state index contributed by atoms with van der Waals surface area (Å²) >= 11 is 21.9. The molecule has 116 valence electrons. The Morgan fingerprint density at radius 1 is 1.00 bits per heavy atom. The minimum absolute atomic E-state index is 0.439. The van der Waals surface area contributed by atoms with Gasteiger partial charge in [-0.3, -0.25) is 0 Å². The molecule has 2 aromatic rings. The van der Waals surface area contributed by atoms with Gasteiger partial charge in [-0.25, -0.2) is 0 Å². The molecule has 22 heavy (non-hydrogen) atoms. The van der Waals surface area contributed by atoms with Gasteiger partial charge in [0.25, 0.3) is 0 Å². The van der Waals surface area contributed by atoms with Gasteiger partial charge in [-0.1, -0.05) is 23.2 Å². The van der Waals surface area contributed by atoms with Crippen molar-refractivity contribution in [2.24, 2.45) is 0 Å². The highest BCUT2D eigenvalue weighted by atomic mass is 79.9. The van der Waals surface area contributed by atoms with Crippen molar-refractivity contribution in [3.05, 3.63) is 60.4 Å². The molecule has 0 aliphatic rings. The number of hydrogen-bond donors (Lipinski definition) is 0. The van der Waals surface area contributed by atoms with Crippen LogP contribution in [-0.4, -0.2) is 6.61 Å². The van der Waals surface area contributed by atoms with E-state index in [0.29, 0.717) is 33.9 Å². The van der Waals surface area contributed by atoms with Crippen LogP contribution in [0.25, 0.3) is 0 Å². The Morgan fingerprint density at radius 2 is 1.68 bits per heavy atom. The summed E-state index contributed by atoms with van der Waals surface area (Å²) < 4.78 is 13.0. The molecule has 0 fully saturated rings. The van der Waals surface area contributed by atoms with Crippen LogP contribution in [0, 0.1) is 0 Å². The number of ether oxygens (including phenoxy) is 2. The molecule has 2 aromatic carbocycles. The molecular weight excluding hydrogens is 523 g/mol. The summed E-state index contributed by atoms with van der Waals surface area (Å²) in [6.07, 6.45) is 1.85. The molecule has 0 saturated carbocycles. The summed E-state index contributed by atoms with van der Waals surface area (Å²) in [4.78, 5) is 0. The van der Waals surface area contributed by atoms with Crippen LogP contribution in [0.1, 0.15) is 0 Å². The SMILES string of the molecule is Clc1cc(Cl)cc(Oc2ccc(OCC=C(Br)Br)c(Br)c2)c1. The summed E-state index contributed by atoms with van der Waals surface area (Å²) in [6.45, 7) is 0.439. The van der Waals surface area contributed by atoms with Gasteiger partial charge in [0.1, 0.15) is 23.9 Å². The zero-order valence-electron chi connectivity index (χ0n) is 11.0. The van der Waals surface area contributed by atoms with Crippen molar-refractivity contribution < 1.29 is 9.47 Å². The number of benzene rings is 2. The molecule has 0 saturated heterocycles. The topological polar surface area (TPSA) is 18.5 Å². The molecule has 0 bridgehead atoms. The predicted octanol–water partition coefficient (Wildman–Crippen LogP) is 7.56. The van der Waals surface area contributed by atoms with Crippen LogP contribution in [0.2, 0.25) is 10.0 Å². The van der Waals surface area contributed by atoms with Crippen molar-refractivity contribution in [1.82, 2.24) is 0 Å². The molecule has 0 radical (unpaired) electrons. The fourth-order valence-corrected chi connectivity index (χ4v) is 2.82. The standard InChI is InChI=1S/C15H9Br3Cl2O2/c16-13-8-11(1-2-14(13)21-4-3-15(17)18)22-12-6-9(19)5-10(20)7-12/h1-3,5-8H,4H2. The first-order valence-corrected chi connectivity index (χ1v) is 9.15. The molecule has 0 atom stereocenters. The average molecular weight is 532 g/mol. The monoisotopic (exact) mass is 528 g/mol. The van der Waals surface area contributed by atoms with Crippen molar-refractivity contribution in [2.45, 2.75) is 0 Å². The molecule has 0 N–H and O–H groups in total. The lowest BCUT2D eigenvalue weighted by molar-refractivity contribution is 0.359. The Balaban J connectivity index is 2.10. The third-order valence-electron chi connectivity index (χ3n) is 2.45. The smallest absolute Gasteiger partial charge is 0.134 e. The van der Waals surface area contributed by atoms with Crippen molar-refractivity contribution in [2.75, 3.05) is 6.61 Å². The van der Waals surface area contributed by atoms with Gasteiger partial charge in [0.05, 0.1) is 7.86 Å². The first-order chi connectivity index (χ1) is 10.4. The first-order valence-electron chi connectivity index (χ1n) is 6.01. The van der Waals surface area contributed by atoms with E-state index in [1.54, 1.807) is 18.2 Å². The van der Waals surface area contributed by atoms with Gasteiger partial charge in [0.15, 0.2) is 0 Å². The molecule has 7 heteroatoms. The van der Waals surface area contributed by atoms with Crippen LogP contribution < -0.4 is 9.47 Å². The lowest BCUT2D eigenvalue weighted by atomic mass is 10.3. The second kappa shape index (κ2) is 8.60. The van der Waals surface area contributed by atoms with E-state index >= 15 is 0 Å². The van der Waals surface area contributed by atoms with E-state index in [4.69, 9.17) is 32.7 Å². The fourth-order valence-electron chi connectivity index (χ4n) is 1.58. The minimum Gasteiger partial charge on any atom is -0.488 e. The highest BCUT2D eigenvalue weighted by molar-refractivity contribution is 9.28. The Hall–Kier alpha value is -0.200. The van der Waals surface area contributed by atoms with Crippen LogP contribution >= 0.6 is 71.0 Å². The number of halogens is 5. The van der Waals surface area contributed by atoms with Gasteiger partial charge >= 0.3 is 0 Å². The molecule has 0 aliphatic heterocycles. The molecule has 0 unspecified atom stereocenters. The summed E-state index contributed by atoms with van der Waals surface area (Å²) in [5.74, 6) is 1.94. The van der Waals surface area contributed by atoms with Gasteiger partial charge in [-0.15, -0.1) is 0 Å². The zero-order valence-corrected chi connectivity index (χ0v) is 17.2. The lowest BCUT2D eigenvalue weighted by Crippen LogP contribution is -1.94. The van der Waals surface area contributed by atoms with E-state index in [9.17, 15) is 0 Å². The third kappa shape index (κ3) is 5.78. The van der Waals surface area contributed by atoms with Crippen LogP contribution in [0.15, 0.2) is 50.3 Å². The van der Waals surface area contributed by atoms with Gasteiger partial charge in [-0.2, -0.15) is 0 Å². The van der Waals surface area contributed by atoms with E-state index in [2.05, 4.69) is 47.8 Å². The minimum atomic E-state index is 0.439.